The third kappa shape index (κ3) is 5.11. The number of amides is 3. The minimum absolute atomic E-state index is 0.116. The summed E-state index contributed by atoms with van der Waals surface area (Å²) in [4.78, 5) is 28.0. The van der Waals surface area contributed by atoms with Crippen LogP contribution in [0, 0.1) is 0 Å². The van der Waals surface area contributed by atoms with Gasteiger partial charge in [0, 0.05) is 11.8 Å². The van der Waals surface area contributed by atoms with E-state index in [0.29, 0.717) is 11.1 Å². The van der Waals surface area contributed by atoms with Crippen LogP contribution in [0.1, 0.15) is 15.9 Å². The number of rotatable bonds is 3. The molecule has 0 unspecified atom stereocenters. The first kappa shape index (κ1) is 20.3. The molecule has 2 N–H and O–H groups in total. The van der Waals surface area contributed by atoms with Gasteiger partial charge in [-0.15, -0.1) is 0 Å². The lowest BCUT2D eigenvalue weighted by Gasteiger charge is -2.10. The maximum atomic E-state index is 12.8. The molecule has 148 valence electrons. The number of pyridine rings is 1. The maximum Gasteiger partial charge on any atom is 0.416 e. The Balaban J connectivity index is 1.67. The molecule has 29 heavy (non-hydrogen) atoms. The zero-order chi connectivity index (χ0) is 21.0. The second-order valence-corrected chi connectivity index (χ2v) is 6.31. The third-order valence-electron chi connectivity index (χ3n) is 3.87. The van der Waals surface area contributed by atoms with Gasteiger partial charge in [-0.25, -0.2) is 9.78 Å². The summed E-state index contributed by atoms with van der Waals surface area (Å²) in [6.45, 7) is 0. The molecular formula is C20H13ClF3N3O2. The molecule has 9 heteroatoms. The summed E-state index contributed by atoms with van der Waals surface area (Å²) >= 11 is 5.90. The molecule has 1 aromatic heterocycles. The standard InChI is InChI=1S/C20H13ClF3N3O2/c21-16-7-2-1-6-15(16)18(28)27-19(29)26-17-9-8-13(11-25-17)12-4-3-5-14(10-12)20(22,23)24/h1-11H,(H2,25,26,27,28,29). The van der Waals surface area contributed by atoms with Crippen LogP contribution in [-0.2, 0) is 6.18 Å². The average Bonchev–Trinajstić information content (AvgIpc) is 2.68. The first-order chi connectivity index (χ1) is 13.7. The molecule has 0 atom stereocenters. The number of imide groups is 1. The number of benzene rings is 2. The number of urea groups is 1. The highest BCUT2D eigenvalue weighted by atomic mass is 35.5. The van der Waals surface area contributed by atoms with Crippen molar-refractivity contribution >= 4 is 29.4 Å². The Kier molecular flexibility index (Phi) is 5.84. The smallest absolute Gasteiger partial charge is 0.292 e. The minimum atomic E-state index is -4.45. The fourth-order valence-electron chi connectivity index (χ4n) is 2.48. The molecule has 3 aromatic rings. The van der Waals surface area contributed by atoms with E-state index in [9.17, 15) is 22.8 Å². The Morgan fingerprint density at radius 1 is 0.931 bits per heavy atom. The lowest BCUT2D eigenvalue weighted by atomic mass is 10.0. The van der Waals surface area contributed by atoms with Gasteiger partial charge in [0.25, 0.3) is 5.91 Å². The van der Waals surface area contributed by atoms with Crippen molar-refractivity contribution in [2.24, 2.45) is 0 Å². The molecule has 5 nitrogen and oxygen atoms in total. The molecule has 1 heterocycles. The summed E-state index contributed by atoms with van der Waals surface area (Å²) in [7, 11) is 0. The van der Waals surface area contributed by atoms with Crippen LogP contribution >= 0.6 is 11.6 Å². The second-order valence-electron chi connectivity index (χ2n) is 5.90. The summed E-state index contributed by atoms with van der Waals surface area (Å²) < 4.78 is 38.5. The van der Waals surface area contributed by atoms with Gasteiger partial charge in [-0.05, 0) is 42.0 Å². The van der Waals surface area contributed by atoms with Gasteiger partial charge >= 0.3 is 12.2 Å². The van der Waals surface area contributed by atoms with Gasteiger partial charge in [0.1, 0.15) is 5.82 Å². The van der Waals surface area contributed by atoms with Gasteiger partial charge in [0.05, 0.1) is 16.1 Å². The summed E-state index contributed by atoms with van der Waals surface area (Å²) in [5.41, 5.74) is 0.137. The maximum absolute atomic E-state index is 12.8. The Morgan fingerprint density at radius 3 is 2.34 bits per heavy atom. The number of nitrogens with zero attached hydrogens (tertiary/aromatic N) is 1. The number of alkyl halides is 3. The van der Waals surface area contributed by atoms with Crippen molar-refractivity contribution in [1.82, 2.24) is 10.3 Å². The number of hydrogen-bond acceptors (Lipinski definition) is 3. The van der Waals surface area contributed by atoms with E-state index < -0.39 is 23.7 Å². The van der Waals surface area contributed by atoms with Crippen LogP contribution in [0.4, 0.5) is 23.8 Å². The van der Waals surface area contributed by atoms with E-state index in [2.05, 4.69) is 15.6 Å². The number of carbonyl (C=O) groups excluding carboxylic acids is 2. The van der Waals surface area contributed by atoms with Gasteiger partial charge in [-0.2, -0.15) is 13.2 Å². The molecule has 0 aliphatic carbocycles. The van der Waals surface area contributed by atoms with Gasteiger partial charge in [-0.3, -0.25) is 15.4 Å². The van der Waals surface area contributed by atoms with Gasteiger partial charge in [0.2, 0.25) is 0 Å². The number of halogens is 4. The van der Waals surface area contributed by atoms with Gasteiger partial charge in [0.15, 0.2) is 0 Å². The molecule has 0 radical (unpaired) electrons. The molecule has 0 saturated heterocycles. The van der Waals surface area contributed by atoms with E-state index >= 15 is 0 Å². The topological polar surface area (TPSA) is 71.1 Å². The zero-order valence-electron chi connectivity index (χ0n) is 14.6. The molecule has 0 saturated carbocycles. The minimum Gasteiger partial charge on any atom is -0.292 e. The van der Waals surface area contributed by atoms with Crippen LogP contribution in [0.2, 0.25) is 5.02 Å². The summed E-state index contributed by atoms with van der Waals surface area (Å²) in [6, 6.07) is 13.1. The van der Waals surface area contributed by atoms with E-state index in [1.165, 1.54) is 42.6 Å². The SMILES string of the molecule is O=C(NC(=O)c1ccccc1Cl)Nc1ccc(-c2cccc(C(F)(F)F)c2)cn1. The highest BCUT2D eigenvalue weighted by Crippen LogP contribution is 2.32. The van der Waals surface area contributed by atoms with Crippen molar-refractivity contribution in [2.75, 3.05) is 5.32 Å². The van der Waals surface area contributed by atoms with E-state index in [4.69, 9.17) is 11.6 Å². The first-order valence-electron chi connectivity index (χ1n) is 8.24. The highest BCUT2D eigenvalue weighted by Gasteiger charge is 2.30. The fraction of sp³-hybridized carbons (Fsp3) is 0.0500. The normalized spacial score (nSPS) is 11.0. The van der Waals surface area contributed by atoms with Crippen molar-refractivity contribution in [3.63, 3.8) is 0 Å². The quantitative estimate of drug-likeness (QED) is 0.598. The van der Waals surface area contributed by atoms with E-state index in [-0.39, 0.29) is 16.4 Å². The van der Waals surface area contributed by atoms with E-state index in [0.717, 1.165) is 12.1 Å². The first-order valence-corrected chi connectivity index (χ1v) is 8.62. The lowest BCUT2D eigenvalue weighted by molar-refractivity contribution is -0.137. The molecule has 3 amide bonds. The molecule has 0 fully saturated rings. The Morgan fingerprint density at radius 2 is 1.69 bits per heavy atom. The highest BCUT2D eigenvalue weighted by molar-refractivity contribution is 6.34. The Bertz CT molecular complexity index is 1050. The number of aromatic nitrogens is 1. The van der Waals surface area contributed by atoms with Crippen LogP contribution in [0.3, 0.4) is 0 Å². The average molecular weight is 420 g/mol. The third-order valence-corrected chi connectivity index (χ3v) is 4.20. The van der Waals surface area contributed by atoms with Crippen molar-refractivity contribution < 1.29 is 22.8 Å². The molecule has 0 aliphatic heterocycles. The number of hydrogen-bond donors (Lipinski definition) is 2. The van der Waals surface area contributed by atoms with Crippen molar-refractivity contribution in [3.8, 4) is 11.1 Å². The second kappa shape index (κ2) is 8.32. The number of anilines is 1. The van der Waals surface area contributed by atoms with Gasteiger partial charge in [-0.1, -0.05) is 35.9 Å². The van der Waals surface area contributed by atoms with Gasteiger partial charge < -0.3 is 0 Å². The largest absolute Gasteiger partial charge is 0.416 e. The zero-order valence-corrected chi connectivity index (χ0v) is 15.4. The molecule has 0 spiro atoms. The Hall–Kier alpha value is -3.39. The molecule has 2 aromatic carbocycles. The number of carbonyl (C=O) groups is 2. The van der Waals surface area contributed by atoms with Crippen LogP contribution in [0.15, 0.2) is 66.9 Å². The van der Waals surface area contributed by atoms with Crippen LogP contribution in [0.5, 0.6) is 0 Å². The van der Waals surface area contributed by atoms with Crippen molar-refractivity contribution in [3.05, 3.63) is 83.0 Å². The summed E-state index contributed by atoms with van der Waals surface area (Å²) in [5.74, 6) is -0.570. The molecular weight excluding hydrogens is 407 g/mol. The monoisotopic (exact) mass is 419 g/mol. The van der Waals surface area contributed by atoms with Crippen molar-refractivity contribution in [1.29, 1.82) is 0 Å². The summed E-state index contributed by atoms with van der Waals surface area (Å²) in [6.07, 6.45) is -3.13. The predicted octanol–water partition coefficient (Wildman–Crippen LogP) is 5.38. The lowest BCUT2D eigenvalue weighted by Crippen LogP contribution is -2.34. The molecule has 0 aliphatic rings. The van der Waals surface area contributed by atoms with E-state index in [1.54, 1.807) is 12.1 Å². The van der Waals surface area contributed by atoms with Crippen molar-refractivity contribution in [2.45, 2.75) is 6.18 Å². The predicted molar refractivity (Wildman–Crippen MR) is 103 cm³/mol. The molecule has 0 bridgehead atoms. The summed E-state index contributed by atoms with van der Waals surface area (Å²) in [5, 5.41) is 4.68. The van der Waals surface area contributed by atoms with E-state index in [1.807, 2.05) is 0 Å². The fourth-order valence-corrected chi connectivity index (χ4v) is 2.70. The van der Waals surface area contributed by atoms with Crippen LogP contribution in [0.25, 0.3) is 11.1 Å². The number of nitrogens with one attached hydrogen (secondary N) is 2. The Labute approximate surface area is 168 Å². The molecule has 3 rings (SSSR count). The van der Waals surface area contributed by atoms with Crippen LogP contribution < -0.4 is 10.6 Å². The van der Waals surface area contributed by atoms with Crippen LogP contribution in [-0.4, -0.2) is 16.9 Å².